The van der Waals surface area contributed by atoms with E-state index in [1.807, 2.05) is 0 Å². The third-order valence-electron chi connectivity index (χ3n) is 2.57. The highest BCUT2D eigenvalue weighted by Crippen LogP contribution is 2.30. The first-order chi connectivity index (χ1) is 9.72. The van der Waals surface area contributed by atoms with Gasteiger partial charge in [0.2, 0.25) is 0 Å². The maximum absolute atomic E-state index is 13.6. The zero-order valence-corrected chi connectivity index (χ0v) is 14.4. The van der Waals surface area contributed by atoms with Crippen molar-refractivity contribution in [1.29, 1.82) is 0 Å². The van der Waals surface area contributed by atoms with Gasteiger partial charge in [-0.3, -0.25) is 4.72 Å². The number of pyridine rings is 1. The van der Waals surface area contributed by atoms with Crippen molar-refractivity contribution in [3.63, 3.8) is 0 Å². The lowest BCUT2D eigenvalue weighted by molar-refractivity contribution is 0.595. The minimum atomic E-state index is -4.08. The Kier molecular flexibility index (Phi) is 4.77. The molecule has 0 aliphatic heterocycles. The quantitative estimate of drug-likeness (QED) is 0.758. The molecule has 112 valence electrons. The summed E-state index contributed by atoms with van der Waals surface area (Å²) in [5.74, 6) is -0.855. The molecule has 0 spiro atoms. The zero-order valence-electron chi connectivity index (χ0n) is 10.5. The van der Waals surface area contributed by atoms with E-state index >= 15 is 0 Å². The number of aromatic nitrogens is 1. The van der Waals surface area contributed by atoms with E-state index in [0.29, 0.717) is 10.0 Å². The fourth-order valence-corrected chi connectivity index (χ4v) is 3.82. The van der Waals surface area contributed by atoms with Crippen molar-refractivity contribution < 1.29 is 12.8 Å². The minimum Gasteiger partial charge on any atom is -0.263 e. The van der Waals surface area contributed by atoms with Crippen molar-refractivity contribution in [3.8, 4) is 0 Å². The molecule has 0 bridgehead atoms. The summed E-state index contributed by atoms with van der Waals surface area (Å²) in [6, 6.07) is 3.94. The number of sulfonamides is 1. The lowest BCUT2D eigenvalue weighted by Gasteiger charge is -2.11. The fourth-order valence-electron chi connectivity index (χ4n) is 1.55. The van der Waals surface area contributed by atoms with Gasteiger partial charge in [0, 0.05) is 10.7 Å². The summed E-state index contributed by atoms with van der Waals surface area (Å²) in [4.78, 5) is 3.55. The second-order valence-corrected chi connectivity index (χ2v) is 7.45. The van der Waals surface area contributed by atoms with E-state index in [2.05, 4.69) is 25.6 Å². The Morgan fingerprint density at radius 2 is 2.00 bits per heavy atom. The molecule has 1 N–H and O–H groups in total. The van der Waals surface area contributed by atoms with E-state index in [-0.39, 0.29) is 10.8 Å². The van der Waals surface area contributed by atoms with Crippen molar-refractivity contribution in [3.05, 3.63) is 50.3 Å². The molecule has 1 aromatic carbocycles. The number of nitrogens with one attached hydrogen (secondary N) is 1. The van der Waals surface area contributed by atoms with Gasteiger partial charge in [0.25, 0.3) is 10.0 Å². The second-order valence-electron chi connectivity index (χ2n) is 4.10. The highest BCUT2D eigenvalue weighted by molar-refractivity contribution is 9.10. The van der Waals surface area contributed by atoms with E-state index in [1.54, 1.807) is 13.0 Å². The molecule has 2 aromatic rings. The highest BCUT2D eigenvalue weighted by Gasteiger charge is 2.23. The van der Waals surface area contributed by atoms with E-state index in [1.165, 1.54) is 6.20 Å². The fraction of sp³-hybridized carbons (Fsp3) is 0.0833. The lowest BCUT2D eigenvalue weighted by Crippen LogP contribution is -2.15. The monoisotopic (exact) mass is 412 g/mol. The zero-order chi connectivity index (χ0) is 15.8. The Balaban J connectivity index is 2.46. The van der Waals surface area contributed by atoms with Crippen LogP contribution in [0.15, 0.2) is 33.8 Å². The number of rotatable bonds is 3. The van der Waals surface area contributed by atoms with Gasteiger partial charge in [-0.25, -0.2) is 17.8 Å². The Morgan fingerprint density at radius 1 is 1.33 bits per heavy atom. The molecule has 0 fully saturated rings. The van der Waals surface area contributed by atoms with Crippen molar-refractivity contribution in [2.45, 2.75) is 11.8 Å². The Bertz CT molecular complexity index is 815. The number of anilines is 1. The van der Waals surface area contributed by atoms with Gasteiger partial charge in [-0.2, -0.15) is 0 Å². The van der Waals surface area contributed by atoms with Crippen LogP contribution in [-0.4, -0.2) is 13.4 Å². The summed E-state index contributed by atoms with van der Waals surface area (Å²) >= 11 is 14.5. The van der Waals surface area contributed by atoms with Crippen LogP contribution >= 0.6 is 39.1 Å². The average molecular weight is 414 g/mol. The maximum atomic E-state index is 13.6. The van der Waals surface area contributed by atoms with Gasteiger partial charge in [-0.05, 0) is 46.6 Å². The summed E-state index contributed by atoms with van der Waals surface area (Å²) < 4.78 is 41.1. The molecule has 1 aromatic heterocycles. The van der Waals surface area contributed by atoms with E-state index < -0.39 is 25.8 Å². The smallest absolute Gasteiger partial charge is 0.263 e. The summed E-state index contributed by atoms with van der Waals surface area (Å²) in [6.07, 6.45) is 1.44. The number of hydrogen-bond donors (Lipinski definition) is 1. The van der Waals surface area contributed by atoms with Crippen molar-refractivity contribution in [2.75, 3.05) is 4.72 Å². The first kappa shape index (κ1) is 16.5. The molecule has 0 amide bonds. The first-order valence-electron chi connectivity index (χ1n) is 5.51. The molecular weight excluding hydrogens is 406 g/mol. The average Bonchev–Trinajstić information content (AvgIpc) is 2.39. The van der Waals surface area contributed by atoms with Gasteiger partial charge in [0.15, 0.2) is 5.82 Å². The van der Waals surface area contributed by atoms with Gasteiger partial charge in [0.05, 0.1) is 10.0 Å². The topological polar surface area (TPSA) is 59.1 Å². The van der Waals surface area contributed by atoms with E-state index in [9.17, 15) is 12.8 Å². The minimum absolute atomic E-state index is 0.129. The molecule has 4 nitrogen and oxygen atoms in total. The van der Waals surface area contributed by atoms with E-state index in [4.69, 9.17) is 23.2 Å². The van der Waals surface area contributed by atoms with Gasteiger partial charge in [-0.1, -0.05) is 23.2 Å². The third kappa shape index (κ3) is 3.48. The normalized spacial score (nSPS) is 11.5. The van der Waals surface area contributed by atoms with Crippen LogP contribution in [0, 0.1) is 12.7 Å². The van der Waals surface area contributed by atoms with Crippen LogP contribution in [0.5, 0.6) is 0 Å². The maximum Gasteiger partial charge on any atom is 0.264 e. The predicted octanol–water partition coefficient (Wildman–Crippen LogP) is 4.40. The summed E-state index contributed by atoms with van der Waals surface area (Å²) in [7, 11) is -4.08. The van der Waals surface area contributed by atoms with E-state index in [0.717, 1.165) is 12.1 Å². The molecule has 0 aliphatic rings. The Morgan fingerprint density at radius 3 is 2.62 bits per heavy atom. The molecule has 0 unspecified atom stereocenters. The van der Waals surface area contributed by atoms with Crippen LogP contribution < -0.4 is 4.72 Å². The van der Waals surface area contributed by atoms with Crippen molar-refractivity contribution in [2.24, 2.45) is 0 Å². The summed E-state index contributed by atoms with van der Waals surface area (Å²) in [5.41, 5.74) is 0.596. The lowest BCUT2D eigenvalue weighted by atomic mass is 10.3. The van der Waals surface area contributed by atoms with Crippen molar-refractivity contribution >= 4 is 55.0 Å². The standard InChI is InChI=1S/C12H8BrCl2FN2O2S/c1-6-4-7(13)5-17-12(6)18-21(19,20)9-3-2-8(14)11(16)10(9)15/h2-5H,1H3,(H,17,18). The van der Waals surface area contributed by atoms with Gasteiger partial charge in [0.1, 0.15) is 10.7 Å². The number of halogens is 4. The number of benzene rings is 1. The Hall–Kier alpha value is -0.890. The van der Waals surface area contributed by atoms with Crippen molar-refractivity contribution in [1.82, 2.24) is 4.98 Å². The molecule has 21 heavy (non-hydrogen) atoms. The van der Waals surface area contributed by atoms with Crippen LogP contribution in [0.3, 0.4) is 0 Å². The largest absolute Gasteiger partial charge is 0.264 e. The number of hydrogen-bond acceptors (Lipinski definition) is 3. The SMILES string of the molecule is Cc1cc(Br)cnc1NS(=O)(=O)c1ccc(Cl)c(F)c1Cl. The van der Waals surface area contributed by atoms with Crippen LogP contribution in [0.4, 0.5) is 10.2 Å². The van der Waals surface area contributed by atoms with Crippen LogP contribution in [0.25, 0.3) is 0 Å². The molecular formula is C12H8BrCl2FN2O2S. The summed E-state index contributed by atoms with van der Waals surface area (Å²) in [5, 5.41) is -0.818. The second kappa shape index (κ2) is 6.08. The molecule has 0 saturated heterocycles. The molecule has 0 aliphatic carbocycles. The summed E-state index contributed by atoms with van der Waals surface area (Å²) in [6.45, 7) is 1.68. The first-order valence-corrected chi connectivity index (χ1v) is 8.54. The molecule has 9 heteroatoms. The van der Waals surface area contributed by atoms with Crippen LogP contribution in [-0.2, 0) is 10.0 Å². The third-order valence-corrected chi connectivity index (χ3v) is 5.15. The van der Waals surface area contributed by atoms with Gasteiger partial charge in [-0.15, -0.1) is 0 Å². The molecule has 0 radical (unpaired) electrons. The molecule has 0 atom stereocenters. The highest BCUT2D eigenvalue weighted by atomic mass is 79.9. The van der Waals surface area contributed by atoms with Crippen LogP contribution in [0.1, 0.15) is 5.56 Å². The van der Waals surface area contributed by atoms with Gasteiger partial charge < -0.3 is 0 Å². The van der Waals surface area contributed by atoms with Crippen LogP contribution in [0.2, 0.25) is 10.0 Å². The molecule has 1 heterocycles. The predicted molar refractivity (Wildman–Crippen MR) is 83.9 cm³/mol. The Labute approximate surface area is 139 Å². The molecule has 2 rings (SSSR count). The number of nitrogens with zero attached hydrogens (tertiary/aromatic N) is 1. The van der Waals surface area contributed by atoms with Gasteiger partial charge >= 0.3 is 0 Å². The molecule has 0 saturated carbocycles. The number of aryl methyl sites for hydroxylation is 1.